The Hall–Kier alpha value is -0.610. The lowest BCUT2D eigenvalue weighted by atomic mass is 10.2. The first-order valence-electron chi connectivity index (χ1n) is 4.24. The summed E-state index contributed by atoms with van der Waals surface area (Å²) in [4.78, 5) is 10.9. The van der Waals surface area contributed by atoms with Crippen molar-refractivity contribution in [2.45, 2.75) is 31.9 Å². The predicted octanol–water partition coefficient (Wildman–Crippen LogP) is 0.0558. The van der Waals surface area contributed by atoms with Crippen LogP contribution >= 0.6 is 0 Å². The Balaban J connectivity index is 2.12. The lowest BCUT2D eigenvalue weighted by molar-refractivity contribution is -0.147. The summed E-state index contributed by atoms with van der Waals surface area (Å²) in [5.74, 6) is -0.356. The molecule has 0 spiro atoms. The minimum absolute atomic E-state index is 0.0905. The van der Waals surface area contributed by atoms with Gasteiger partial charge < -0.3 is 15.2 Å². The van der Waals surface area contributed by atoms with Crippen LogP contribution in [-0.4, -0.2) is 31.3 Å². The van der Waals surface area contributed by atoms with Gasteiger partial charge in [-0.25, -0.2) is 0 Å². The molecule has 1 saturated heterocycles. The number of nitrogens with two attached hydrogens (primary N) is 1. The zero-order chi connectivity index (χ0) is 8.97. The van der Waals surface area contributed by atoms with Crippen LogP contribution < -0.4 is 5.73 Å². The molecule has 4 nitrogen and oxygen atoms in total. The van der Waals surface area contributed by atoms with Gasteiger partial charge in [-0.3, -0.25) is 4.79 Å². The van der Waals surface area contributed by atoms with Crippen molar-refractivity contribution in [2.75, 3.05) is 13.2 Å². The van der Waals surface area contributed by atoms with Gasteiger partial charge in [-0.2, -0.15) is 0 Å². The standard InChI is InChI=1S/C8H15NO3/c1-6(9)8(10)12-5-7-3-2-4-11-7/h6-7H,2-5,9H2,1H3/t6-,7?/m1/s1. The predicted molar refractivity (Wildman–Crippen MR) is 43.6 cm³/mol. The number of carbonyl (C=O) groups excluding carboxylic acids is 1. The van der Waals surface area contributed by atoms with Gasteiger partial charge in [0.1, 0.15) is 12.6 Å². The molecule has 1 aliphatic heterocycles. The van der Waals surface area contributed by atoms with Crippen molar-refractivity contribution >= 4 is 5.97 Å². The first-order valence-corrected chi connectivity index (χ1v) is 4.24. The fourth-order valence-electron chi connectivity index (χ4n) is 1.08. The first-order chi connectivity index (χ1) is 5.70. The quantitative estimate of drug-likeness (QED) is 0.613. The molecular weight excluding hydrogens is 158 g/mol. The Kier molecular flexibility index (Phi) is 3.49. The van der Waals surface area contributed by atoms with E-state index in [-0.39, 0.29) is 12.1 Å². The highest BCUT2D eigenvalue weighted by Crippen LogP contribution is 2.11. The highest BCUT2D eigenvalue weighted by molar-refractivity contribution is 5.74. The van der Waals surface area contributed by atoms with Crippen LogP contribution in [0.5, 0.6) is 0 Å². The first kappa shape index (κ1) is 9.48. The number of esters is 1. The average molecular weight is 173 g/mol. The Labute approximate surface area is 72.0 Å². The Morgan fingerprint density at radius 1 is 1.83 bits per heavy atom. The molecule has 0 radical (unpaired) electrons. The van der Waals surface area contributed by atoms with Gasteiger partial charge in [-0.1, -0.05) is 0 Å². The van der Waals surface area contributed by atoms with E-state index in [1.165, 1.54) is 0 Å². The summed E-state index contributed by atoms with van der Waals surface area (Å²) < 4.78 is 10.2. The maximum atomic E-state index is 10.9. The number of carbonyl (C=O) groups is 1. The van der Waals surface area contributed by atoms with Crippen LogP contribution in [0, 0.1) is 0 Å². The van der Waals surface area contributed by atoms with Crippen molar-refractivity contribution in [3.05, 3.63) is 0 Å². The minimum Gasteiger partial charge on any atom is -0.462 e. The molecule has 2 atom stereocenters. The molecule has 0 saturated carbocycles. The molecule has 2 N–H and O–H groups in total. The van der Waals surface area contributed by atoms with Crippen LogP contribution in [0.3, 0.4) is 0 Å². The molecule has 0 bridgehead atoms. The van der Waals surface area contributed by atoms with Crippen LogP contribution in [0.1, 0.15) is 19.8 Å². The molecule has 12 heavy (non-hydrogen) atoms. The fraction of sp³-hybridized carbons (Fsp3) is 0.875. The second-order valence-corrected chi connectivity index (χ2v) is 3.05. The van der Waals surface area contributed by atoms with E-state index in [0.29, 0.717) is 6.61 Å². The number of hydrogen-bond donors (Lipinski definition) is 1. The van der Waals surface area contributed by atoms with Crippen molar-refractivity contribution in [1.29, 1.82) is 0 Å². The van der Waals surface area contributed by atoms with Crippen molar-refractivity contribution in [3.63, 3.8) is 0 Å². The Morgan fingerprint density at radius 3 is 3.08 bits per heavy atom. The van der Waals surface area contributed by atoms with Gasteiger partial charge in [0.15, 0.2) is 0 Å². The van der Waals surface area contributed by atoms with Crippen LogP contribution in [0.2, 0.25) is 0 Å². The Bertz CT molecular complexity index is 152. The highest BCUT2D eigenvalue weighted by Gasteiger charge is 2.18. The van der Waals surface area contributed by atoms with Crippen molar-refractivity contribution < 1.29 is 14.3 Å². The fourth-order valence-corrected chi connectivity index (χ4v) is 1.08. The van der Waals surface area contributed by atoms with Crippen LogP contribution in [-0.2, 0) is 14.3 Å². The molecule has 0 aromatic carbocycles. The van der Waals surface area contributed by atoms with Crippen LogP contribution in [0.4, 0.5) is 0 Å². The lowest BCUT2D eigenvalue weighted by Gasteiger charge is -2.11. The summed E-state index contributed by atoms with van der Waals surface area (Å²) in [6, 6.07) is -0.536. The number of rotatable bonds is 3. The second kappa shape index (κ2) is 4.42. The van der Waals surface area contributed by atoms with Crippen LogP contribution in [0.25, 0.3) is 0 Å². The molecule has 1 unspecified atom stereocenters. The number of ether oxygens (including phenoxy) is 2. The third-order valence-corrected chi connectivity index (χ3v) is 1.81. The molecule has 1 heterocycles. The largest absolute Gasteiger partial charge is 0.462 e. The molecule has 0 amide bonds. The summed E-state index contributed by atoms with van der Waals surface area (Å²) in [6.45, 7) is 2.73. The van der Waals surface area contributed by atoms with E-state index in [1.807, 2.05) is 0 Å². The summed E-state index contributed by atoms with van der Waals surface area (Å²) in [7, 11) is 0. The van der Waals surface area contributed by atoms with Gasteiger partial charge in [0.2, 0.25) is 0 Å². The van der Waals surface area contributed by atoms with Crippen LogP contribution in [0.15, 0.2) is 0 Å². The smallest absolute Gasteiger partial charge is 0.322 e. The van der Waals surface area contributed by atoms with E-state index in [1.54, 1.807) is 6.92 Å². The SMILES string of the molecule is C[C@@H](N)C(=O)OCC1CCCO1. The zero-order valence-corrected chi connectivity index (χ0v) is 7.29. The monoisotopic (exact) mass is 173 g/mol. The zero-order valence-electron chi connectivity index (χ0n) is 7.29. The van der Waals surface area contributed by atoms with Gasteiger partial charge in [0.25, 0.3) is 0 Å². The van der Waals surface area contributed by atoms with Gasteiger partial charge >= 0.3 is 5.97 Å². The van der Waals surface area contributed by atoms with E-state index in [4.69, 9.17) is 15.2 Å². The highest BCUT2D eigenvalue weighted by atomic mass is 16.6. The molecule has 0 aromatic heterocycles. The molecular formula is C8H15NO3. The maximum Gasteiger partial charge on any atom is 0.322 e. The minimum atomic E-state index is -0.536. The molecule has 4 heteroatoms. The van der Waals surface area contributed by atoms with Gasteiger partial charge in [0, 0.05) is 6.61 Å². The van der Waals surface area contributed by atoms with E-state index < -0.39 is 6.04 Å². The molecule has 1 fully saturated rings. The van der Waals surface area contributed by atoms with E-state index in [9.17, 15) is 4.79 Å². The molecule has 0 aromatic rings. The second-order valence-electron chi connectivity index (χ2n) is 3.05. The molecule has 0 aliphatic carbocycles. The number of hydrogen-bond acceptors (Lipinski definition) is 4. The average Bonchev–Trinajstić information content (AvgIpc) is 2.51. The van der Waals surface area contributed by atoms with Crippen molar-refractivity contribution in [1.82, 2.24) is 0 Å². The van der Waals surface area contributed by atoms with Gasteiger partial charge in [-0.05, 0) is 19.8 Å². The lowest BCUT2D eigenvalue weighted by Crippen LogP contribution is -2.31. The molecule has 1 aliphatic rings. The topological polar surface area (TPSA) is 61.6 Å². The van der Waals surface area contributed by atoms with E-state index in [2.05, 4.69) is 0 Å². The summed E-state index contributed by atoms with van der Waals surface area (Å²) in [6.07, 6.45) is 2.12. The Morgan fingerprint density at radius 2 is 2.58 bits per heavy atom. The van der Waals surface area contributed by atoms with E-state index in [0.717, 1.165) is 19.4 Å². The summed E-state index contributed by atoms with van der Waals surface area (Å²) in [5.41, 5.74) is 5.31. The third kappa shape index (κ3) is 2.79. The summed E-state index contributed by atoms with van der Waals surface area (Å²) in [5, 5.41) is 0. The van der Waals surface area contributed by atoms with Gasteiger partial charge in [-0.15, -0.1) is 0 Å². The molecule has 1 rings (SSSR count). The normalized spacial score (nSPS) is 25.3. The van der Waals surface area contributed by atoms with Gasteiger partial charge in [0.05, 0.1) is 6.10 Å². The van der Waals surface area contributed by atoms with Crippen molar-refractivity contribution in [2.24, 2.45) is 5.73 Å². The summed E-state index contributed by atoms with van der Waals surface area (Å²) >= 11 is 0. The maximum absolute atomic E-state index is 10.9. The van der Waals surface area contributed by atoms with Crippen molar-refractivity contribution in [3.8, 4) is 0 Å². The van der Waals surface area contributed by atoms with E-state index >= 15 is 0 Å². The molecule has 70 valence electrons. The third-order valence-electron chi connectivity index (χ3n) is 1.81.